The zero-order valence-corrected chi connectivity index (χ0v) is 15.6. The number of nitrogens with zero attached hydrogens (tertiary/aromatic N) is 3. The predicted octanol–water partition coefficient (Wildman–Crippen LogP) is 2.24. The molecule has 0 saturated carbocycles. The lowest BCUT2D eigenvalue weighted by Crippen LogP contribution is -2.50. The Morgan fingerprint density at radius 1 is 0.963 bits per heavy atom. The number of amides is 2. The average Bonchev–Trinajstić information content (AvgIpc) is 3.12. The van der Waals surface area contributed by atoms with Crippen molar-refractivity contribution < 1.29 is 18.9 Å². The molecule has 2 heterocycles. The highest BCUT2D eigenvalue weighted by Gasteiger charge is 2.26. The Bertz CT molecular complexity index is 833. The largest absolute Gasteiger partial charge is 0.361 e. The van der Waals surface area contributed by atoms with Gasteiger partial charge in [0.2, 0.25) is 5.91 Å². The van der Waals surface area contributed by atoms with Gasteiger partial charge in [0.25, 0.3) is 5.91 Å². The molecule has 0 atom stereocenters. The van der Waals surface area contributed by atoms with Crippen LogP contribution in [-0.4, -0.2) is 58.7 Å². The summed E-state index contributed by atoms with van der Waals surface area (Å²) in [5.41, 5.74) is 2.01. The van der Waals surface area contributed by atoms with Gasteiger partial charge in [-0.15, -0.1) is 0 Å². The quantitative estimate of drug-likeness (QED) is 0.755. The highest BCUT2D eigenvalue weighted by Crippen LogP contribution is 2.12. The van der Waals surface area contributed by atoms with Gasteiger partial charge in [-0.25, -0.2) is 0 Å². The van der Waals surface area contributed by atoms with Crippen LogP contribution in [0, 0.1) is 13.8 Å². The molecule has 1 aliphatic rings. The molecule has 1 saturated heterocycles. The zero-order valence-electron chi connectivity index (χ0n) is 15.6. The van der Waals surface area contributed by atoms with E-state index in [0.717, 1.165) is 5.56 Å². The van der Waals surface area contributed by atoms with Crippen molar-refractivity contribution in [1.82, 2.24) is 15.0 Å². The molecule has 0 bridgehead atoms. The molecule has 1 aromatic heterocycles. The molecule has 0 aliphatic carbocycles. The molecular formula is C20H23N3O4. The van der Waals surface area contributed by atoms with Crippen LogP contribution in [0.25, 0.3) is 0 Å². The van der Waals surface area contributed by atoms with E-state index in [1.54, 1.807) is 34.9 Å². The molecule has 3 rings (SSSR count). The van der Waals surface area contributed by atoms with Crippen molar-refractivity contribution >= 4 is 17.6 Å². The number of carbonyl (C=O) groups excluding carboxylic acids is 3. The number of carbonyl (C=O) groups is 3. The lowest BCUT2D eigenvalue weighted by atomic mass is 10.0. The van der Waals surface area contributed by atoms with Gasteiger partial charge in [0, 0.05) is 50.7 Å². The number of ketones is 1. The van der Waals surface area contributed by atoms with Crippen molar-refractivity contribution in [3.63, 3.8) is 0 Å². The predicted molar refractivity (Wildman–Crippen MR) is 98.5 cm³/mol. The summed E-state index contributed by atoms with van der Waals surface area (Å²) in [6.45, 7) is 5.51. The topological polar surface area (TPSA) is 83.7 Å². The van der Waals surface area contributed by atoms with Gasteiger partial charge in [-0.05, 0) is 13.8 Å². The molecule has 7 nitrogen and oxygen atoms in total. The fourth-order valence-electron chi connectivity index (χ4n) is 3.05. The number of rotatable bonds is 5. The minimum absolute atomic E-state index is 0.0291. The zero-order chi connectivity index (χ0) is 19.4. The molecule has 2 amide bonds. The third-order valence-electron chi connectivity index (χ3n) is 4.71. The van der Waals surface area contributed by atoms with Gasteiger partial charge in [0.15, 0.2) is 11.5 Å². The molecule has 27 heavy (non-hydrogen) atoms. The summed E-state index contributed by atoms with van der Waals surface area (Å²) in [7, 11) is 0. The Hall–Kier alpha value is -2.96. The van der Waals surface area contributed by atoms with Crippen molar-refractivity contribution in [2.45, 2.75) is 26.7 Å². The Kier molecular flexibility index (Phi) is 5.69. The molecule has 1 aliphatic heterocycles. The van der Waals surface area contributed by atoms with Crippen molar-refractivity contribution in [1.29, 1.82) is 0 Å². The fourth-order valence-corrected chi connectivity index (χ4v) is 3.05. The molecule has 142 valence electrons. The summed E-state index contributed by atoms with van der Waals surface area (Å²) in [4.78, 5) is 40.3. The number of benzene rings is 1. The van der Waals surface area contributed by atoms with Crippen LogP contribution in [0.1, 0.15) is 45.0 Å². The molecular weight excluding hydrogens is 346 g/mol. The molecule has 0 spiro atoms. The maximum Gasteiger partial charge on any atom is 0.276 e. The van der Waals surface area contributed by atoms with Crippen LogP contribution in [-0.2, 0) is 4.79 Å². The summed E-state index contributed by atoms with van der Waals surface area (Å²) in [6, 6.07) is 8.97. The molecule has 2 aromatic rings. The lowest BCUT2D eigenvalue weighted by Gasteiger charge is -2.34. The van der Waals surface area contributed by atoms with E-state index in [0.29, 0.717) is 37.5 Å². The molecule has 0 radical (unpaired) electrons. The average molecular weight is 369 g/mol. The summed E-state index contributed by atoms with van der Waals surface area (Å²) >= 11 is 0. The van der Waals surface area contributed by atoms with Crippen LogP contribution >= 0.6 is 0 Å². The van der Waals surface area contributed by atoms with Gasteiger partial charge >= 0.3 is 0 Å². The monoisotopic (exact) mass is 369 g/mol. The number of aromatic nitrogens is 1. The van der Waals surface area contributed by atoms with E-state index in [2.05, 4.69) is 5.16 Å². The standard InChI is InChI=1S/C20H23N3O4/c1-14-3-5-16(6-4-14)18(24)7-8-19(25)22-9-11-23(12-10-22)20(26)17-13-15(2)27-21-17/h3-6,13H,7-12H2,1-2H3. The van der Waals surface area contributed by atoms with Crippen molar-refractivity contribution in [3.8, 4) is 0 Å². The van der Waals surface area contributed by atoms with Gasteiger partial charge < -0.3 is 14.3 Å². The second kappa shape index (κ2) is 8.16. The van der Waals surface area contributed by atoms with Crippen molar-refractivity contribution in [2.75, 3.05) is 26.2 Å². The van der Waals surface area contributed by atoms with Crippen molar-refractivity contribution in [2.24, 2.45) is 0 Å². The molecule has 0 N–H and O–H groups in total. The minimum atomic E-state index is -0.187. The van der Waals surface area contributed by atoms with Crippen LogP contribution in [0.2, 0.25) is 0 Å². The smallest absolute Gasteiger partial charge is 0.276 e. The van der Waals surface area contributed by atoms with E-state index < -0.39 is 0 Å². The highest BCUT2D eigenvalue weighted by molar-refractivity contribution is 5.98. The Balaban J connectivity index is 1.46. The van der Waals surface area contributed by atoms with Crippen LogP contribution < -0.4 is 0 Å². The number of hydrogen-bond donors (Lipinski definition) is 0. The summed E-state index contributed by atoms with van der Waals surface area (Å²) in [5, 5.41) is 3.74. The third kappa shape index (κ3) is 4.61. The van der Waals surface area contributed by atoms with Crippen LogP contribution in [0.5, 0.6) is 0 Å². The lowest BCUT2D eigenvalue weighted by molar-refractivity contribution is -0.132. The first-order chi connectivity index (χ1) is 12.9. The SMILES string of the molecule is Cc1ccc(C(=O)CCC(=O)N2CCN(C(=O)c3cc(C)on3)CC2)cc1. The van der Waals surface area contributed by atoms with Gasteiger partial charge in [0.05, 0.1) is 0 Å². The molecule has 0 unspecified atom stereocenters. The highest BCUT2D eigenvalue weighted by atomic mass is 16.5. The summed E-state index contributed by atoms with van der Waals surface area (Å²) < 4.78 is 4.94. The maximum absolute atomic E-state index is 12.4. The first-order valence-electron chi connectivity index (χ1n) is 9.04. The number of piperazine rings is 1. The van der Waals surface area contributed by atoms with Crippen LogP contribution in [0.3, 0.4) is 0 Å². The van der Waals surface area contributed by atoms with Gasteiger partial charge in [-0.1, -0.05) is 35.0 Å². The van der Waals surface area contributed by atoms with Gasteiger partial charge in [-0.3, -0.25) is 14.4 Å². The second-order valence-corrected chi connectivity index (χ2v) is 6.78. The maximum atomic E-state index is 12.4. The minimum Gasteiger partial charge on any atom is -0.361 e. The number of Topliss-reactive ketones (excluding diaryl/α,β-unsaturated/α-hetero) is 1. The normalized spacial score (nSPS) is 14.3. The third-order valence-corrected chi connectivity index (χ3v) is 4.71. The second-order valence-electron chi connectivity index (χ2n) is 6.78. The number of hydrogen-bond acceptors (Lipinski definition) is 5. The van der Waals surface area contributed by atoms with E-state index in [1.165, 1.54) is 0 Å². The molecule has 1 fully saturated rings. The van der Waals surface area contributed by atoms with Crippen LogP contribution in [0.4, 0.5) is 0 Å². The molecule has 7 heteroatoms. The van der Waals surface area contributed by atoms with E-state index in [-0.39, 0.29) is 36.1 Å². The van der Waals surface area contributed by atoms with Gasteiger partial charge in [0.1, 0.15) is 5.76 Å². The van der Waals surface area contributed by atoms with E-state index >= 15 is 0 Å². The van der Waals surface area contributed by atoms with Gasteiger partial charge in [-0.2, -0.15) is 0 Å². The van der Waals surface area contributed by atoms with E-state index in [1.807, 2.05) is 19.1 Å². The Morgan fingerprint density at radius 3 is 2.19 bits per heavy atom. The Labute approximate surface area is 157 Å². The fraction of sp³-hybridized carbons (Fsp3) is 0.400. The first kappa shape index (κ1) is 18.8. The van der Waals surface area contributed by atoms with Crippen molar-refractivity contribution in [3.05, 3.63) is 52.9 Å². The van der Waals surface area contributed by atoms with E-state index in [9.17, 15) is 14.4 Å². The molecule has 1 aromatic carbocycles. The van der Waals surface area contributed by atoms with Crippen LogP contribution in [0.15, 0.2) is 34.9 Å². The summed E-state index contributed by atoms with van der Waals surface area (Å²) in [6.07, 6.45) is 0.377. The first-order valence-corrected chi connectivity index (χ1v) is 9.04. The van der Waals surface area contributed by atoms with E-state index in [4.69, 9.17) is 4.52 Å². The number of aryl methyl sites for hydroxylation is 2. The Morgan fingerprint density at radius 2 is 1.59 bits per heavy atom. The summed E-state index contributed by atoms with van der Waals surface area (Å²) in [5.74, 6) is 0.317.